The van der Waals surface area contributed by atoms with E-state index in [1.165, 1.54) is 13.2 Å². The first-order chi connectivity index (χ1) is 11.4. The maximum absolute atomic E-state index is 14.1. The van der Waals surface area contributed by atoms with Crippen LogP contribution in [0.4, 0.5) is 4.39 Å². The number of carbonyl (C=O) groups is 1. The largest absolute Gasteiger partial charge is 0.364 e. The Kier molecular flexibility index (Phi) is 4.13. The number of halogens is 1. The molecule has 2 heterocycles. The molecule has 2 aromatic rings. The zero-order chi connectivity index (χ0) is 17.5. The Labute approximate surface area is 140 Å². The molecular formula is C17H21FN4O2. The van der Waals surface area contributed by atoms with Gasteiger partial charge in [0.25, 0.3) is 5.91 Å². The fourth-order valence-corrected chi connectivity index (χ4v) is 3.12. The topological polar surface area (TPSA) is 60.2 Å². The number of hydrogen-bond acceptors (Lipinski definition) is 4. The number of nitrogens with zero attached hydrogens (tertiary/aromatic N) is 4. The molecule has 1 saturated heterocycles. The number of methoxy groups -OCH3 is 1. The van der Waals surface area contributed by atoms with Gasteiger partial charge >= 0.3 is 0 Å². The molecule has 1 fully saturated rings. The molecule has 1 aromatic heterocycles. The van der Waals surface area contributed by atoms with Crippen molar-refractivity contribution < 1.29 is 13.9 Å². The fraction of sp³-hybridized carbons (Fsp3) is 0.471. The summed E-state index contributed by atoms with van der Waals surface area (Å²) in [4.78, 5) is 18.8. The second kappa shape index (κ2) is 5.98. The number of aryl methyl sites for hydroxylation is 2. The van der Waals surface area contributed by atoms with Gasteiger partial charge in [-0.15, -0.1) is 0 Å². The van der Waals surface area contributed by atoms with Gasteiger partial charge in [-0.2, -0.15) is 5.10 Å². The molecule has 1 atom stereocenters. The molecule has 0 bridgehead atoms. The van der Waals surface area contributed by atoms with E-state index >= 15 is 0 Å². The predicted octanol–water partition coefficient (Wildman–Crippen LogP) is 1.98. The Morgan fingerprint density at radius 1 is 1.33 bits per heavy atom. The number of amides is 1. The monoisotopic (exact) mass is 332 g/mol. The van der Waals surface area contributed by atoms with Crippen LogP contribution in [0, 0.1) is 19.7 Å². The average Bonchev–Trinajstić information content (AvgIpc) is 2.84. The van der Waals surface area contributed by atoms with E-state index in [4.69, 9.17) is 4.74 Å². The van der Waals surface area contributed by atoms with Crippen LogP contribution in [0.2, 0.25) is 0 Å². The van der Waals surface area contributed by atoms with Gasteiger partial charge in [-0.25, -0.2) is 14.1 Å². The Morgan fingerprint density at radius 3 is 2.54 bits per heavy atom. The van der Waals surface area contributed by atoms with Crippen LogP contribution in [0.3, 0.4) is 0 Å². The number of hydrogen-bond donors (Lipinski definition) is 0. The lowest BCUT2D eigenvalue weighted by molar-refractivity contribution is -0.161. The number of ether oxygens (including phenoxy) is 1. The molecule has 0 N–H and O–H groups in total. The van der Waals surface area contributed by atoms with E-state index in [9.17, 15) is 9.18 Å². The van der Waals surface area contributed by atoms with Crippen LogP contribution in [0.25, 0.3) is 0 Å². The molecule has 0 saturated carbocycles. The van der Waals surface area contributed by atoms with Crippen LogP contribution >= 0.6 is 0 Å². The van der Waals surface area contributed by atoms with Crippen molar-refractivity contribution in [2.45, 2.75) is 32.4 Å². The van der Waals surface area contributed by atoms with Gasteiger partial charge in [0.2, 0.25) is 0 Å². The van der Waals surface area contributed by atoms with Crippen LogP contribution in [0.5, 0.6) is 0 Å². The molecule has 1 unspecified atom stereocenters. The summed E-state index contributed by atoms with van der Waals surface area (Å²) in [6.45, 7) is 6.35. The summed E-state index contributed by atoms with van der Waals surface area (Å²) < 4.78 is 21.4. The van der Waals surface area contributed by atoms with E-state index in [2.05, 4.69) is 10.1 Å². The van der Waals surface area contributed by atoms with Crippen molar-refractivity contribution in [1.82, 2.24) is 19.7 Å². The van der Waals surface area contributed by atoms with Crippen LogP contribution in [0.15, 0.2) is 24.3 Å². The first kappa shape index (κ1) is 16.6. The summed E-state index contributed by atoms with van der Waals surface area (Å²) in [5, 5.41) is 4.36. The van der Waals surface area contributed by atoms with Crippen LogP contribution < -0.4 is 0 Å². The lowest BCUT2D eigenvalue weighted by Gasteiger charge is -2.43. The zero-order valence-corrected chi connectivity index (χ0v) is 14.3. The van der Waals surface area contributed by atoms with Gasteiger partial charge in [-0.1, -0.05) is 18.2 Å². The average molecular weight is 332 g/mol. The first-order valence-electron chi connectivity index (χ1n) is 7.86. The van der Waals surface area contributed by atoms with Gasteiger partial charge in [0.15, 0.2) is 5.60 Å². The van der Waals surface area contributed by atoms with Crippen molar-refractivity contribution in [2.24, 2.45) is 0 Å². The Balaban J connectivity index is 1.77. The van der Waals surface area contributed by atoms with Gasteiger partial charge in [0.05, 0.1) is 6.04 Å². The van der Waals surface area contributed by atoms with Crippen molar-refractivity contribution in [3.8, 4) is 0 Å². The van der Waals surface area contributed by atoms with E-state index in [1.54, 1.807) is 30.0 Å². The summed E-state index contributed by atoms with van der Waals surface area (Å²) in [6, 6.07) is 6.30. The van der Waals surface area contributed by atoms with Crippen LogP contribution in [-0.4, -0.2) is 45.8 Å². The SMILES string of the molecule is COC(C)(C(=O)N1CC(n2nc(C)nc2C)C1)c1ccccc1F. The third-order valence-electron chi connectivity index (χ3n) is 4.61. The van der Waals surface area contributed by atoms with Crippen molar-refractivity contribution in [3.63, 3.8) is 0 Å². The highest BCUT2D eigenvalue weighted by Gasteiger charge is 2.45. The standard InChI is InChI=1S/C17H21FN4O2/c1-11-19-12(2)22(20-11)13-9-21(10-13)16(23)17(3,24-4)14-7-5-6-8-15(14)18/h5-8,13H,9-10H2,1-4H3. The van der Waals surface area contributed by atoms with E-state index in [0.717, 1.165) is 5.82 Å². The maximum Gasteiger partial charge on any atom is 0.259 e. The molecule has 0 radical (unpaired) electrons. The number of likely N-dealkylation sites (tertiary alicyclic amines) is 1. The summed E-state index contributed by atoms with van der Waals surface area (Å²) >= 11 is 0. The van der Waals surface area contributed by atoms with Gasteiger partial charge in [-0.3, -0.25) is 4.79 Å². The van der Waals surface area contributed by atoms with Gasteiger partial charge < -0.3 is 9.64 Å². The lowest BCUT2D eigenvalue weighted by atomic mass is 9.91. The normalized spacial score (nSPS) is 17.5. The highest BCUT2D eigenvalue weighted by molar-refractivity contribution is 5.87. The number of rotatable bonds is 4. The molecule has 1 aliphatic rings. The van der Waals surface area contributed by atoms with Gasteiger partial charge in [0, 0.05) is 25.8 Å². The number of carbonyl (C=O) groups excluding carboxylic acids is 1. The highest BCUT2D eigenvalue weighted by Crippen LogP contribution is 2.33. The predicted molar refractivity (Wildman–Crippen MR) is 85.9 cm³/mol. The van der Waals surface area contributed by atoms with Crippen molar-refractivity contribution >= 4 is 5.91 Å². The minimum Gasteiger partial charge on any atom is -0.364 e. The lowest BCUT2D eigenvalue weighted by Crippen LogP contribution is -2.57. The first-order valence-corrected chi connectivity index (χ1v) is 7.86. The molecule has 6 nitrogen and oxygen atoms in total. The summed E-state index contributed by atoms with van der Waals surface area (Å²) in [6.07, 6.45) is 0. The van der Waals surface area contributed by atoms with Gasteiger partial charge in [0.1, 0.15) is 17.5 Å². The third-order valence-corrected chi connectivity index (χ3v) is 4.61. The molecule has 1 amide bonds. The second-order valence-corrected chi connectivity index (χ2v) is 6.23. The molecule has 24 heavy (non-hydrogen) atoms. The summed E-state index contributed by atoms with van der Waals surface area (Å²) in [5.41, 5.74) is -1.10. The summed E-state index contributed by atoms with van der Waals surface area (Å²) in [7, 11) is 1.42. The van der Waals surface area contributed by atoms with E-state index in [-0.39, 0.29) is 17.5 Å². The number of aromatic nitrogens is 3. The Bertz CT molecular complexity index is 770. The minimum atomic E-state index is -1.34. The molecule has 0 aliphatic carbocycles. The quantitative estimate of drug-likeness (QED) is 0.859. The zero-order valence-electron chi connectivity index (χ0n) is 14.3. The second-order valence-electron chi connectivity index (χ2n) is 6.23. The Morgan fingerprint density at radius 2 is 2.00 bits per heavy atom. The molecular weight excluding hydrogens is 311 g/mol. The van der Waals surface area contributed by atoms with Crippen molar-refractivity contribution in [2.75, 3.05) is 20.2 Å². The maximum atomic E-state index is 14.1. The van der Waals surface area contributed by atoms with Crippen molar-refractivity contribution in [1.29, 1.82) is 0 Å². The molecule has 0 spiro atoms. The Hall–Kier alpha value is -2.28. The molecule has 7 heteroatoms. The molecule has 1 aromatic carbocycles. The van der Waals surface area contributed by atoms with Gasteiger partial charge in [-0.05, 0) is 26.8 Å². The molecule has 128 valence electrons. The third kappa shape index (κ3) is 2.58. The van der Waals surface area contributed by atoms with Crippen LogP contribution in [0.1, 0.15) is 30.2 Å². The number of benzene rings is 1. The smallest absolute Gasteiger partial charge is 0.259 e. The molecule has 1 aliphatic heterocycles. The minimum absolute atomic E-state index is 0.0943. The summed E-state index contributed by atoms with van der Waals surface area (Å²) in [5.74, 6) is 0.842. The van der Waals surface area contributed by atoms with E-state index < -0.39 is 11.4 Å². The molecule has 3 rings (SSSR count). The highest BCUT2D eigenvalue weighted by atomic mass is 19.1. The van der Waals surface area contributed by atoms with Crippen LogP contribution in [-0.2, 0) is 15.1 Å². The van der Waals surface area contributed by atoms with E-state index in [0.29, 0.717) is 18.9 Å². The fourth-order valence-electron chi connectivity index (χ4n) is 3.12. The van der Waals surface area contributed by atoms with Crippen molar-refractivity contribution in [3.05, 3.63) is 47.3 Å². The van der Waals surface area contributed by atoms with E-state index in [1.807, 2.05) is 18.5 Å².